The number of aryl methyl sites for hydroxylation is 1. The number of hydrogen-bond donors (Lipinski definition) is 2. The summed E-state index contributed by atoms with van der Waals surface area (Å²) in [5.74, 6) is 0.928. The molecule has 0 fully saturated rings. The summed E-state index contributed by atoms with van der Waals surface area (Å²) >= 11 is 0. The Morgan fingerprint density at radius 2 is 2.17 bits per heavy atom. The van der Waals surface area contributed by atoms with Crippen LogP contribution in [0.3, 0.4) is 0 Å². The SMILES string of the molecule is CCNc1cccc(C(=O)Nc2ccn(C)n2)n1. The molecule has 6 nitrogen and oxygen atoms in total. The highest BCUT2D eigenvalue weighted by molar-refractivity contribution is 6.02. The van der Waals surface area contributed by atoms with Gasteiger partial charge in [0.25, 0.3) is 5.91 Å². The lowest BCUT2D eigenvalue weighted by atomic mass is 10.3. The first-order valence-corrected chi connectivity index (χ1v) is 5.71. The monoisotopic (exact) mass is 245 g/mol. The molecule has 0 aromatic carbocycles. The van der Waals surface area contributed by atoms with E-state index in [2.05, 4.69) is 20.7 Å². The first kappa shape index (κ1) is 12.1. The zero-order valence-corrected chi connectivity index (χ0v) is 10.3. The first-order valence-electron chi connectivity index (χ1n) is 5.71. The molecule has 94 valence electrons. The average molecular weight is 245 g/mol. The lowest BCUT2D eigenvalue weighted by Gasteiger charge is -2.05. The molecule has 1 amide bonds. The van der Waals surface area contributed by atoms with E-state index in [-0.39, 0.29) is 5.91 Å². The van der Waals surface area contributed by atoms with Crippen molar-refractivity contribution in [3.05, 3.63) is 36.2 Å². The third kappa shape index (κ3) is 2.85. The Morgan fingerprint density at radius 3 is 2.83 bits per heavy atom. The van der Waals surface area contributed by atoms with Gasteiger partial charge in [0.15, 0.2) is 5.82 Å². The smallest absolute Gasteiger partial charge is 0.275 e. The van der Waals surface area contributed by atoms with Crippen molar-refractivity contribution >= 4 is 17.5 Å². The third-order valence-electron chi connectivity index (χ3n) is 2.29. The Hall–Kier alpha value is -2.37. The third-order valence-corrected chi connectivity index (χ3v) is 2.29. The fourth-order valence-electron chi connectivity index (χ4n) is 1.50. The van der Waals surface area contributed by atoms with Crippen molar-refractivity contribution in [1.29, 1.82) is 0 Å². The van der Waals surface area contributed by atoms with Crippen molar-refractivity contribution in [3.63, 3.8) is 0 Å². The molecule has 2 N–H and O–H groups in total. The second-order valence-electron chi connectivity index (χ2n) is 3.77. The van der Waals surface area contributed by atoms with Crippen LogP contribution >= 0.6 is 0 Å². The van der Waals surface area contributed by atoms with E-state index >= 15 is 0 Å². The summed E-state index contributed by atoms with van der Waals surface area (Å²) < 4.78 is 1.62. The van der Waals surface area contributed by atoms with E-state index < -0.39 is 0 Å². The first-order chi connectivity index (χ1) is 8.69. The molecule has 0 bridgehead atoms. The molecule has 0 unspecified atom stereocenters. The number of nitrogens with zero attached hydrogens (tertiary/aromatic N) is 3. The molecule has 0 aliphatic rings. The van der Waals surface area contributed by atoms with Crippen LogP contribution in [0.15, 0.2) is 30.5 Å². The van der Waals surface area contributed by atoms with Gasteiger partial charge in [-0.2, -0.15) is 5.10 Å². The van der Waals surface area contributed by atoms with Gasteiger partial charge in [-0.25, -0.2) is 4.98 Å². The van der Waals surface area contributed by atoms with E-state index in [1.807, 2.05) is 13.0 Å². The van der Waals surface area contributed by atoms with Crippen LogP contribution in [0.2, 0.25) is 0 Å². The Kier molecular flexibility index (Phi) is 3.57. The standard InChI is InChI=1S/C12H15N5O/c1-3-13-10-6-4-5-9(14-10)12(18)15-11-7-8-17(2)16-11/h4-8H,3H2,1-2H3,(H,13,14)(H,15,16,18). The van der Waals surface area contributed by atoms with Crippen LogP contribution in [0.1, 0.15) is 17.4 Å². The maximum Gasteiger partial charge on any atom is 0.275 e. The van der Waals surface area contributed by atoms with Crippen LogP contribution in [-0.2, 0) is 7.05 Å². The van der Waals surface area contributed by atoms with Crippen molar-refractivity contribution in [2.24, 2.45) is 7.05 Å². The second kappa shape index (κ2) is 5.31. The van der Waals surface area contributed by atoms with Gasteiger partial charge in [0.2, 0.25) is 0 Å². The number of carbonyl (C=O) groups is 1. The molecule has 0 saturated heterocycles. The maximum absolute atomic E-state index is 11.9. The molecule has 2 heterocycles. The van der Waals surface area contributed by atoms with Crippen LogP contribution in [0.5, 0.6) is 0 Å². The van der Waals surface area contributed by atoms with E-state index in [1.165, 1.54) is 0 Å². The predicted molar refractivity (Wildman–Crippen MR) is 69.6 cm³/mol. The maximum atomic E-state index is 11.9. The summed E-state index contributed by atoms with van der Waals surface area (Å²) in [4.78, 5) is 16.1. The Labute approximate surface area is 105 Å². The number of aromatic nitrogens is 3. The van der Waals surface area contributed by atoms with Crippen molar-refractivity contribution in [2.45, 2.75) is 6.92 Å². The van der Waals surface area contributed by atoms with Gasteiger partial charge in [-0.15, -0.1) is 0 Å². The number of hydrogen-bond acceptors (Lipinski definition) is 4. The molecule has 0 saturated carbocycles. The number of amides is 1. The summed E-state index contributed by atoms with van der Waals surface area (Å²) in [6, 6.07) is 7.00. The summed E-state index contributed by atoms with van der Waals surface area (Å²) in [6.07, 6.45) is 1.76. The number of pyridine rings is 1. The summed E-state index contributed by atoms with van der Waals surface area (Å²) in [6.45, 7) is 2.74. The van der Waals surface area contributed by atoms with Crippen molar-refractivity contribution in [2.75, 3.05) is 17.2 Å². The van der Waals surface area contributed by atoms with Gasteiger partial charge in [0.05, 0.1) is 0 Å². The Morgan fingerprint density at radius 1 is 1.33 bits per heavy atom. The average Bonchev–Trinajstić information content (AvgIpc) is 2.75. The van der Waals surface area contributed by atoms with Gasteiger partial charge in [-0.05, 0) is 19.1 Å². The minimum atomic E-state index is -0.270. The van der Waals surface area contributed by atoms with Crippen LogP contribution < -0.4 is 10.6 Å². The van der Waals surface area contributed by atoms with Crippen molar-refractivity contribution in [1.82, 2.24) is 14.8 Å². The van der Waals surface area contributed by atoms with Gasteiger partial charge in [-0.1, -0.05) is 6.07 Å². The minimum absolute atomic E-state index is 0.270. The molecule has 0 radical (unpaired) electrons. The number of carbonyl (C=O) groups excluding carboxylic acids is 1. The summed E-state index contributed by atoms with van der Waals surface area (Å²) in [5, 5.41) is 9.82. The van der Waals surface area contributed by atoms with E-state index in [0.717, 1.165) is 6.54 Å². The van der Waals surface area contributed by atoms with Crippen LogP contribution in [0.4, 0.5) is 11.6 Å². The lowest BCUT2D eigenvalue weighted by Crippen LogP contribution is -2.15. The molecule has 18 heavy (non-hydrogen) atoms. The second-order valence-corrected chi connectivity index (χ2v) is 3.77. The zero-order chi connectivity index (χ0) is 13.0. The minimum Gasteiger partial charge on any atom is -0.370 e. The fourth-order valence-corrected chi connectivity index (χ4v) is 1.50. The topological polar surface area (TPSA) is 71.8 Å². The highest BCUT2D eigenvalue weighted by atomic mass is 16.2. The van der Waals surface area contributed by atoms with Crippen LogP contribution in [0.25, 0.3) is 0 Å². The van der Waals surface area contributed by atoms with Gasteiger partial charge in [-0.3, -0.25) is 9.48 Å². The van der Waals surface area contributed by atoms with E-state index in [4.69, 9.17) is 0 Å². The normalized spacial score (nSPS) is 10.1. The molecule has 0 spiro atoms. The quantitative estimate of drug-likeness (QED) is 0.856. The van der Waals surface area contributed by atoms with Gasteiger partial charge < -0.3 is 10.6 Å². The van der Waals surface area contributed by atoms with E-state index in [0.29, 0.717) is 17.3 Å². The van der Waals surface area contributed by atoms with Gasteiger partial charge in [0, 0.05) is 25.9 Å². The van der Waals surface area contributed by atoms with Crippen LogP contribution in [-0.4, -0.2) is 27.2 Å². The number of anilines is 2. The molecule has 0 aliphatic carbocycles. The lowest BCUT2D eigenvalue weighted by molar-refractivity contribution is 0.102. The molecular weight excluding hydrogens is 230 g/mol. The molecule has 2 rings (SSSR count). The number of rotatable bonds is 4. The summed E-state index contributed by atoms with van der Waals surface area (Å²) in [7, 11) is 1.79. The largest absolute Gasteiger partial charge is 0.370 e. The summed E-state index contributed by atoms with van der Waals surface area (Å²) in [5.41, 5.74) is 0.360. The van der Waals surface area contributed by atoms with E-state index in [9.17, 15) is 4.79 Å². The zero-order valence-electron chi connectivity index (χ0n) is 10.3. The number of nitrogens with one attached hydrogen (secondary N) is 2. The molecule has 0 aliphatic heterocycles. The van der Waals surface area contributed by atoms with Crippen LogP contribution in [0, 0.1) is 0 Å². The Balaban J connectivity index is 2.11. The van der Waals surface area contributed by atoms with Crippen molar-refractivity contribution in [3.8, 4) is 0 Å². The van der Waals surface area contributed by atoms with Crippen molar-refractivity contribution < 1.29 is 4.79 Å². The Bertz CT molecular complexity index is 549. The molecule has 6 heteroatoms. The van der Waals surface area contributed by atoms with Gasteiger partial charge in [0.1, 0.15) is 11.5 Å². The highest BCUT2D eigenvalue weighted by Crippen LogP contribution is 2.07. The fraction of sp³-hybridized carbons (Fsp3) is 0.250. The predicted octanol–water partition coefficient (Wildman–Crippen LogP) is 1.50. The molecule has 2 aromatic rings. The molecule has 0 atom stereocenters. The molecular formula is C12H15N5O. The molecule has 2 aromatic heterocycles. The van der Waals surface area contributed by atoms with E-state index in [1.54, 1.807) is 36.1 Å². The highest BCUT2D eigenvalue weighted by Gasteiger charge is 2.09. The van der Waals surface area contributed by atoms with Gasteiger partial charge >= 0.3 is 0 Å².